The average Bonchev–Trinajstić information content (AvgIpc) is 3.45. The van der Waals surface area contributed by atoms with Crippen molar-refractivity contribution < 1.29 is 14.2 Å². The maximum absolute atomic E-state index is 5.68. The summed E-state index contributed by atoms with van der Waals surface area (Å²) in [4.78, 5) is 8.90. The number of imidazole rings is 1. The molecule has 144 valence electrons. The molecule has 0 saturated heterocycles. The van der Waals surface area contributed by atoms with Crippen LogP contribution in [0.2, 0.25) is 0 Å². The van der Waals surface area contributed by atoms with Gasteiger partial charge in [-0.1, -0.05) is 11.3 Å². The van der Waals surface area contributed by atoms with E-state index >= 15 is 0 Å². The molecule has 2 aromatic carbocycles. The Morgan fingerprint density at radius 1 is 1.10 bits per heavy atom. The molecular formula is C21H16N4O3S. The van der Waals surface area contributed by atoms with Crippen LogP contribution in [0.5, 0.6) is 17.2 Å². The summed E-state index contributed by atoms with van der Waals surface area (Å²) in [5.74, 6) is 2.35. The molecule has 0 bridgehead atoms. The van der Waals surface area contributed by atoms with Crippen LogP contribution in [-0.2, 0) is 0 Å². The lowest BCUT2D eigenvalue weighted by atomic mass is 10.1. The SMILES string of the molecule is COc1ccc2[nH]cc(-c3nn4cc(-c5ccc6c(c5)OCCO6)nc4s3)c2c1. The van der Waals surface area contributed by atoms with Crippen molar-refractivity contribution in [3.05, 3.63) is 48.8 Å². The molecular weight excluding hydrogens is 388 g/mol. The first-order valence-corrected chi connectivity index (χ1v) is 10.0. The number of aromatic nitrogens is 4. The van der Waals surface area contributed by atoms with Crippen LogP contribution < -0.4 is 14.2 Å². The Bertz CT molecular complexity index is 1340. The third-order valence-electron chi connectivity index (χ3n) is 5.00. The third kappa shape index (κ3) is 2.64. The van der Waals surface area contributed by atoms with Crippen LogP contribution in [0.1, 0.15) is 0 Å². The van der Waals surface area contributed by atoms with E-state index in [1.165, 1.54) is 0 Å². The first-order chi connectivity index (χ1) is 14.3. The standard InChI is InChI=1S/C21H16N4O3S/c1-26-13-3-4-16-14(9-13)15(10-22-16)20-24-25-11-17(23-21(25)29-20)12-2-5-18-19(8-12)28-7-6-27-18/h2-5,8-11,22H,6-7H2,1H3. The summed E-state index contributed by atoms with van der Waals surface area (Å²) >= 11 is 1.55. The normalized spacial score (nSPS) is 13.3. The van der Waals surface area contributed by atoms with Crippen molar-refractivity contribution in [3.63, 3.8) is 0 Å². The van der Waals surface area contributed by atoms with Crippen molar-refractivity contribution in [2.45, 2.75) is 0 Å². The van der Waals surface area contributed by atoms with Gasteiger partial charge in [-0.15, -0.1) is 0 Å². The molecule has 0 radical (unpaired) electrons. The minimum absolute atomic E-state index is 0.565. The van der Waals surface area contributed by atoms with Gasteiger partial charge in [0.2, 0.25) is 4.96 Å². The number of rotatable bonds is 3. The Morgan fingerprint density at radius 2 is 2.00 bits per heavy atom. The number of hydrogen-bond acceptors (Lipinski definition) is 6. The molecule has 6 rings (SSSR count). The minimum Gasteiger partial charge on any atom is -0.497 e. The van der Waals surface area contributed by atoms with Crippen molar-refractivity contribution in [2.75, 3.05) is 20.3 Å². The molecule has 0 atom stereocenters. The number of ether oxygens (including phenoxy) is 3. The number of H-pyrrole nitrogens is 1. The second-order valence-corrected chi connectivity index (χ2v) is 7.69. The number of nitrogens with zero attached hydrogens (tertiary/aromatic N) is 3. The van der Waals surface area contributed by atoms with Crippen LogP contribution in [0.3, 0.4) is 0 Å². The zero-order chi connectivity index (χ0) is 19.4. The lowest BCUT2D eigenvalue weighted by Gasteiger charge is -2.18. The van der Waals surface area contributed by atoms with Gasteiger partial charge in [-0.25, -0.2) is 9.50 Å². The van der Waals surface area contributed by atoms with E-state index in [2.05, 4.69) is 4.98 Å². The minimum atomic E-state index is 0.565. The molecule has 5 aromatic rings. The van der Waals surface area contributed by atoms with E-state index in [9.17, 15) is 0 Å². The van der Waals surface area contributed by atoms with Crippen LogP contribution in [0.4, 0.5) is 0 Å². The predicted octanol–water partition coefficient (Wildman–Crippen LogP) is 4.39. The lowest BCUT2D eigenvalue weighted by molar-refractivity contribution is 0.171. The van der Waals surface area contributed by atoms with Gasteiger partial charge in [-0.3, -0.25) is 0 Å². The number of aromatic amines is 1. The van der Waals surface area contributed by atoms with Gasteiger partial charge >= 0.3 is 0 Å². The van der Waals surface area contributed by atoms with Gasteiger partial charge in [-0.2, -0.15) is 5.10 Å². The van der Waals surface area contributed by atoms with E-state index in [1.54, 1.807) is 18.4 Å². The highest BCUT2D eigenvalue weighted by Crippen LogP contribution is 2.36. The summed E-state index contributed by atoms with van der Waals surface area (Å²) in [6.07, 6.45) is 3.92. The van der Waals surface area contributed by atoms with E-state index in [0.29, 0.717) is 13.2 Å². The molecule has 1 aliphatic rings. The molecule has 29 heavy (non-hydrogen) atoms. The van der Waals surface area contributed by atoms with Crippen LogP contribution in [0.25, 0.3) is 37.7 Å². The number of methoxy groups -OCH3 is 1. The largest absolute Gasteiger partial charge is 0.497 e. The molecule has 7 nitrogen and oxygen atoms in total. The summed E-state index contributed by atoms with van der Waals surface area (Å²) < 4.78 is 18.5. The van der Waals surface area contributed by atoms with E-state index < -0.39 is 0 Å². The maximum atomic E-state index is 5.68. The van der Waals surface area contributed by atoms with E-state index in [1.807, 2.05) is 53.3 Å². The van der Waals surface area contributed by atoms with Crippen LogP contribution in [0, 0.1) is 0 Å². The van der Waals surface area contributed by atoms with Crippen molar-refractivity contribution in [2.24, 2.45) is 0 Å². The first-order valence-electron chi connectivity index (χ1n) is 9.20. The molecule has 0 aliphatic carbocycles. The molecule has 0 saturated carbocycles. The molecule has 0 unspecified atom stereocenters. The number of hydrogen-bond donors (Lipinski definition) is 1. The Kier molecular flexibility index (Phi) is 3.54. The van der Waals surface area contributed by atoms with Gasteiger partial charge < -0.3 is 19.2 Å². The average molecular weight is 404 g/mol. The van der Waals surface area contributed by atoms with Gasteiger partial charge in [0.1, 0.15) is 24.0 Å². The van der Waals surface area contributed by atoms with Gasteiger partial charge in [0.15, 0.2) is 11.5 Å². The smallest absolute Gasteiger partial charge is 0.213 e. The fourth-order valence-electron chi connectivity index (χ4n) is 3.55. The number of nitrogens with one attached hydrogen (secondary N) is 1. The van der Waals surface area contributed by atoms with Crippen LogP contribution in [-0.4, -0.2) is 39.9 Å². The molecule has 0 spiro atoms. The maximum Gasteiger partial charge on any atom is 0.213 e. The highest BCUT2D eigenvalue weighted by molar-refractivity contribution is 7.20. The predicted molar refractivity (Wildman–Crippen MR) is 111 cm³/mol. The Hall–Kier alpha value is -3.52. The summed E-state index contributed by atoms with van der Waals surface area (Å²) in [5, 5.41) is 6.73. The molecule has 0 fully saturated rings. The van der Waals surface area contributed by atoms with Crippen molar-refractivity contribution in [1.29, 1.82) is 0 Å². The monoisotopic (exact) mass is 404 g/mol. The molecule has 0 amide bonds. The Morgan fingerprint density at radius 3 is 2.86 bits per heavy atom. The zero-order valence-corrected chi connectivity index (χ0v) is 16.3. The van der Waals surface area contributed by atoms with E-state index in [0.717, 1.165) is 54.9 Å². The second-order valence-electron chi connectivity index (χ2n) is 6.73. The molecule has 3 aromatic heterocycles. The Balaban J connectivity index is 1.39. The highest BCUT2D eigenvalue weighted by atomic mass is 32.1. The molecule has 8 heteroatoms. The lowest BCUT2D eigenvalue weighted by Crippen LogP contribution is -2.15. The Labute approximate surface area is 169 Å². The summed E-state index contributed by atoms with van der Waals surface area (Å²) in [5.41, 5.74) is 3.92. The quantitative estimate of drug-likeness (QED) is 0.483. The summed E-state index contributed by atoms with van der Waals surface area (Å²) in [7, 11) is 1.67. The fraction of sp³-hybridized carbons (Fsp3) is 0.143. The fourth-order valence-corrected chi connectivity index (χ4v) is 4.47. The summed E-state index contributed by atoms with van der Waals surface area (Å²) in [6, 6.07) is 11.9. The van der Waals surface area contributed by atoms with Crippen molar-refractivity contribution in [3.8, 4) is 39.1 Å². The van der Waals surface area contributed by atoms with Crippen molar-refractivity contribution in [1.82, 2.24) is 19.6 Å². The number of benzene rings is 2. The molecule has 4 heterocycles. The topological polar surface area (TPSA) is 73.7 Å². The highest BCUT2D eigenvalue weighted by Gasteiger charge is 2.17. The molecule has 1 aliphatic heterocycles. The van der Waals surface area contributed by atoms with Crippen molar-refractivity contribution >= 4 is 27.2 Å². The van der Waals surface area contributed by atoms with Gasteiger partial charge in [0.05, 0.1) is 19.0 Å². The molecule has 1 N–H and O–H groups in total. The van der Waals surface area contributed by atoms with Crippen LogP contribution in [0.15, 0.2) is 48.8 Å². The first kappa shape index (κ1) is 16.4. The number of fused-ring (bicyclic) bond motifs is 3. The third-order valence-corrected chi connectivity index (χ3v) is 5.96. The van der Waals surface area contributed by atoms with E-state index in [-0.39, 0.29) is 0 Å². The van der Waals surface area contributed by atoms with Gasteiger partial charge in [0, 0.05) is 28.2 Å². The van der Waals surface area contributed by atoms with Crippen LogP contribution >= 0.6 is 11.3 Å². The zero-order valence-electron chi connectivity index (χ0n) is 15.5. The van der Waals surface area contributed by atoms with Gasteiger partial charge in [-0.05, 0) is 36.4 Å². The second kappa shape index (κ2) is 6.25. The van der Waals surface area contributed by atoms with Gasteiger partial charge in [0.25, 0.3) is 0 Å². The summed E-state index contributed by atoms with van der Waals surface area (Å²) in [6.45, 7) is 1.15. The van der Waals surface area contributed by atoms with E-state index in [4.69, 9.17) is 24.3 Å².